The summed E-state index contributed by atoms with van der Waals surface area (Å²) in [6.45, 7) is 2.39. The Morgan fingerprint density at radius 2 is 2.00 bits per heavy atom. The Balaban J connectivity index is 1.21. The lowest BCUT2D eigenvalue weighted by molar-refractivity contribution is -0.159. The molecular weight excluding hydrogens is 555 g/mol. The number of nitrogens with zero attached hydrogens (tertiary/aromatic N) is 4. The van der Waals surface area contributed by atoms with Crippen LogP contribution in [0.5, 0.6) is 5.75 Å². The van der Waals surface area contributed by atoms with Crippen molar-refractivity contribution in [2.24, 2.45) is 5.92 Å². The first kappa shape index (κ1) is 30.8. The quantitative estimate of drug-likeness (QED) is 0.279. The number of pyridine rings is 1. The van der Waals surface area contributed by atoms with Crippen molar-refractivity contribution >= 4 is 17.5 Å². The number of carbonyl (C=O) groups excluding carboxylic acids is 2. The van der Waals surface area contributed by atoms with Gasteiger partial charge < -0.3 is 25.3 Å². The number of alkyl halides is 3. The third kappa shape index (κ3) is 9.72. The van der Waals surface area contributed by atoms with Gasteiger partial charge in [-0.15, -0.1) is 5.10 Å². The van der Waals surface area contributed by atoms with Crippen LogP contribution in [0.1, 0.15) is 48.7 Å². The lowest BCUT2D eigenvalue weighted by atomic mass is 9.94. The molecule has 0 saturated carbocycles. The van der Waals surface area contributed by atoms with Gasteiger partial charge in [0.1, 0.15) is 11.9 Å². The predicted octanol–water partition coefficient (Wildman–Crippen LogP) is 3.12. The highest BCUT2D eigenvalue weighted by molar-refractivity contribution is 5.92. The smallest absolute Gasteiger partial charge is 0.394 e. The van der Waals surface area contributed by atoms with Crippen molar-refractivity contribution in [3.05, 3.63) is 70.4 Å². The molecule has 3 aromatic rings. The fourth-order valence-electron chi connectivity index (χ4n) is 4.59. The zero-order valence-corrected chi connectivity index (χ0v) is 23.2. The van der Waals surface area contributed by atoms with E-state index in [1.165, 1.54) is 45.9 Å². The highest BCUT2D eigenvalue weighted by atomic mass is 19.3. The number of benzene rings is 1. The Hall–Kier alpha value is -4.20. The van der Waals surface area contributed by atoms with Crippen LogP contribution in [0.4, 0.5) is 18.9 Å². The van der Waals surface area contributed by atoms with E-state index in [0.29, 0.717) is 30.5 Å². The fourth-order valence-corrected chi connectivity index (χ4v) is 4.59. The number of ether oxygens (including phenoxy) is 1. The minimum atomic E-state index is -3.33. The number of amides is 2. The standard InChI is InChI=1S/C28H34F3N7O4/c1-28(30,31)42-23-4-2-3-20(13-23)16-33-27(41)24-18-38(36-35-24)17-21(29)7-11-37-12-8-22(15-26(37)40)34-25(39)14-19-5-9-32-10-6-19/h2-4,8,12-13,15,18-19,21,32H,5-7,9-11,14,16-17H2,1H3,(H,33,41)(H,34,39). The molecule has 0 spiro atoms. The number of piperidine rings is 1. The minimum Gasteiger partial charge on any atom is -0.433 e. The Bertz CT molecular complexity index is 1420. The second kappa shape index (κ2) is 14.1. The summed E-state index contributed by atoms with van der Waals surface area (Å²) in [5.41, 5.74) is 0.541. The molecule has 1 saturated heterocycles. The number of anilines is 1. The Morgan fingerprint density at radius 3 is 2.74 bits per heavy atom. The Morgan fingerprint density at radius 1 is 1.21 bits per heavy atom. The molecule has 0 radical (unpaired) electrons. The number of hydrogen-bond donors (Lipinski definition) is 3. The van der Waals surface area contributed by atoms with E-state index in [-0.39, 0.29) is 49.0 Å². The van der Waals surface area contributed by atoms with Crippen molar-refractivity contribution in [2.45, 2.75) is 64.5 Å². The number of halogens is 3. The molecule has 0 bridgehead atoms. The molecule has 14 heteroatoms. The molecule has 42 heavy (non-hydrogen) atoms. The van der Waals surface area contributed by atoms with E-state index in [1.54, 1.807) is 12.1 Å². The normalized spacial score (nSPS) is 14.8. The zero-order chi connectivity index (χ0) is 30.1. The van der Waals surface area contributed by atoms with Crippen LogP contribution in [-0.2, 0) is 24.4 Å². The van der Waals surface area contributed by atoms with Gasteiger partial charge in [0.05, 0.1) is 12.7 Å². The van der Waals surface area contributed by atoms with Gasteiger partial charge >= 0.3 is 6.11 Å². The van der Waals surface area contributed by atoms with Crippen LogP contribution in [0.2, 0.25) is 0 Å². The van der Waals surface area contributed by atoms with Crippen LogP contribution in [0.15, 0.2) is 53.6 Å². The van der Waals surface area contributed by atoms with E-state index in [1.807, 2.05) is 0 Å². The van der Waals surface area contributed by atoms with Crippen molar-refractivity contribution in [3.63, 3.8) is 0 Å². The van der Waals surface area contributed by atoms with Crippen LogP contribution in [0.3, 0.4) is 0 Å². The van der Waals surface area contributed by atoms with Crippen LogP contribution in [-0.4, -0.2) is 56.7 Å². The third-order valence-electron chi connectivity index (χ3n) is 6.70. The van der Waals surface area contributed by atoms with E-state index >= 15 is 0 Å². The summed E-state index contributed by atoms with van der Waals surface area (Å²) < 4.78 is 47.9. The molecule has 1 fully saturated rings. The van der Waals surface area contributed by atoms with Crippen molar-refractivity contribution in [1.82, 2.24) is 30.2 Å². The maximum absolute atomic E-state index is 14.7. The van der Waals surface area contributed by atoms with Gasteiger partial charge in [-0.3, -0.25) is 14.4 Å². The maximum Gasteiger partial charge on any atom is 0.394 e. The van der Waals surface area contributed by atoms with E-state index in [4.69, 9.17) is 0 Å². The second-order valence-corrected chi connectivity index (χ2v) is 10.3. The van der Waals surface area contributed by atoms with Crippen LogP contribution in [0, 0.1) is 5.92 Å². The summed E-state index contributed by atoms with van der Waals surface area (Å²) >= 11 is 0. The topological polar surface area (TPSA) is 132 Å². The van der Waals surface area contributed by atoms with Gasteiger partial charge in [0, 0.05) is 44.4 Å². The second-order valence-electron chi connectivity index (χ2n) is 10.3. The molecule has 1 aliphatic rings. The zero-order valence-electron chi connectivity index (χ0n) is 23.2. The molecule has 2 aromatic heterocycles. The van der Waals surface area contributed by atoms with E-state index < -0.39 is 18.2 Å². The SMILES string of the molecule is CC(F)(F)Oc1cccc(CNC(=O)c2cn(CC(F)CCn3ccc(NC(=O)CC4CCNCC4)cc3=O)nn2)c1. The first-order chi connectivity index (χ1) is 20.0. The van der Waals surface area contributed by atoms with Crippen LogP contribution >= 0.6 is 0 Å². The highest BCUT2D eigenvalue weighted by Crippen LogP contribution is 2.22. The summed E-state index contributed by atoms with van der Waals surface area (Å²) in [4.78, 5) is 37.2. The predicted molar refractivity (Wildman–Crippen MR) is 148 cm³/mol. The van der Waals surface area contributed by atoms with Gasteiger partial charge in [0.25, 0.3) is 11.5 Å². The van der Waals surface area contributed by atoms with Crippen molar-refractivity contribution in [2.75, 3.05) is 18.4 Å². The van der Waals surface area contributed by atoms with Crippen molar-refractivity contribution in [1.29, 1.82) is 0 Å². The first-order valence-electron chi connectivity index (χ1n) is 13.7. The number of nitrogens with one attached hydrogen (secondary N) is 3. The van der Waals surface area contributed by atoms with Gasteiger partial charge in [-0.05, 0) is 62.0 Å². The molecule has 1 atom stereocenters. The molecule has 1 aliphatic heterocycles. The molecule has 226 valence electrons. The molecule has 3 heterocycles. The van der Waals surface area contributed by atoms with Gasteiger partial charge in [-0.25, -0.2) is 9.07 Å². The van der Waals surface area contributed by atoms with Gasteiger partial charge in [0.15, 0.2) is 5.69 Å². The molecule has 0 aliphatic carbocycles. The highest BCUT2D eigenvalue weighted by Gasteiger charge is 2.23. The van der Waals surface area contributed by atoms with E-state index in [9.17, 15) is 27.6 Å². The fraction of sp³-hybridized carbons (Fsp3) is 0.464. The Kier molecular flexibility index (Phi) is 10.3. The minimum absolute atomic E-state index is 0.0118. The lowest BCUT2D eigenvalue weighted by Crippen LogP contribution is -2.30. The molecule has 1 aromatic carbocycles. The van der Waals surface area contributed by atoms with Crippen molar-refractivity contribution in [3.8, 4) is 5.75 Å². The number of rotatable bonds is 13. The molecule has 1 unspecified atom stereocenters. The molecule has 2 amide bonds. The van der Waals surface area contributed by atoms with Gasteiger partial charge in [-0.1, -0.05) is 17.3 Å². The van der Waals surface area contributed by atoms with Crippen LogP contribution in [0.25, 0.3) is 0 Å². The number of carbonyl (C=O) groups is 2. The lowest BCUT2D eigenvalue weighted by Gasteiger charge is -2.21. The summed E-state index contributed by atoms with van der Waals surface area (Å²) in [7, 11) is 0. The van der Waals surface area contributed by atoms with E-state index in [0.717, 1.165) is 25.9 Å². The average molecular weight is 590 g/mol. The first-order valence-corrected chi connectivity index (χ1v) is 13.7. The summed E-state index contributed by atoms with van der Waals surface area (Å²) in [5, 5.41) is 16.2. The number of hydrogen-bond acceptors (Lipinski definition) is 7. The average Bonchev–Trinajstić information content (AvgIpc) is 3.39. The molecule has 4 rings (SSSR count). The van der Waals surface area contributed by atoms with Gasteiger partial charge in [-0.2, -0.15) is 8.78 Å². The summed E-state index contributed by atoms with van der Waals surface area (Å²) in [5.74, 6) is -0.417. The monoisotopic (exact) mass is 589 g/mol. The van der Waals surface area contributed by atoms with Crippen LogP contribution < -0.4 is 26.2 Å². The maximum atomic E-state index is 14.7. The number of aromatic nitrogens is 4. The molecular formula is C28H34F3N7O4. The summed E-state index contributed by atoms with van der Waals surface area (Å²) in [6.07, 6.45) is 0.415. The largest absolute Gasteiger partial charge is 0.433 e. The van der Waals surface area contributed by atoms with Gasteiger partial charge in [0.2, 0.25) is 5.91 Å². The number of aryl methyl sites for hydroxylation is 1. The molecule has 3 N–H and O–H groups in total. The molecule has 11 nitrogen and oxygen atoms in total. The van der Waals surface area contributed by atoms with Crippen molar-refractivity contribution < 1.29 is 27.5 Å². The van der Waals surface area contributed by atoms with E-state index in [2.05, 4.69) is 31.0 Å². The Labute approximate surface area is 240 Å². The summed E-state index contributed by atoms with van der Waals surface area (Å²) in [6, 6.07) is 8.85. The third-order valence-corrected chi connectivity index (χ3v) is 6.70.